The van der Waals surface area contributed by atoms with Crippen molar-refractivity contribution < 1.29 is 38.0 Å². The molecule has 1 amide bonds. The predicted octanol–water partition coefficient (Wildman–Crippen LogP) is 5.70. The first-order valence-corrected chi connectivity index (χ1v) is 15.8. The lowest BCUT2D eigenvalue weighted by atomic mass is 9.96. The number of hydrogen-bond donors (Lipinski definition) is 1. The van der Waals surface area contributed by atoms with Crippen molar-refractivity contribution in [3.63, 3.8) is 0 Å². The molecular formula is C33H32Cl2FN3O7. The first kappa shape index (κ1) is 30.9. The Morgan fingerprint density at radius 1 is 0.978 bits per heavy atom. The number of methoxy groups -OCH3 is 2. The predicted molar refractivity (Wildman–Crippen MR) is 170 cm³/mol. The lowest BCUT2D eigenvalue weighted by molar-refractivity contribution is 0.0515. The van der Waals surface area contributed by atoms with Crippen LogP contribution in [-0.4, -0.2) is 87.3 Å². The molecule has 3 aromatic rings. The van der Waals surface area contributed by atoms with Crippen LogP contribution in [0.3, 0.4) is 0 Å². The summed E-state index contributed by atoms with van der Waals surface area (Å²) in [4.78, 5) is 31.6. The molecule has 2 bridgehead atoms. The molecule has 1 N–H and O–H groups in total. The van der Waals surface area contributed by atoms with Crippen LogP contribution in [0.25, 0.3) is 11.1 Å². The van der Waals surface area contributed by atoms with Crippen molar-refractivity contribution in [3.05, 3.63) is 69.0 Å². The molecule has 7 rings (SSSR count). The number of halogens is 3. The van der Waals surface area contributed by atoms with Crippen molar-refractivity contribution in [2.75, 3.05) is 57.1 Å². The third kappa shape index (κ3) is 5.29. The number of aromatic carboxylic acids is 1. The van der Waals surface area contributed by atoms with Crippen molar-refractivity contribution in [1.29, 1.82) is 0 Å². The molecule has 3 fully saturated rings. The van der Waals surface area contributed by atoms with Gasteiger partial charge in [-0.25, -0.2) is 9.18 Å². The second-order valence-electron chi connectivity index (χ2n) is 12.0. The quantitative estimate of drug-likeness (QED) is 0.339. The van der Waals surface area contributed by atoms with E-state index in [1.165, 1.54) is 12.0 Å². The smallest absolute Gasteiger partial charge is 0.337 e. The number of fused-ring (bicyclic) bond motifs is 3. The number of morpholine rings is 1. The van der Waals surface area contributed by atoms with E-state index in [9.17, 15) is 14.7 Å². The summed E-state index contributed by atoms with van der Waals surface area (Å²) in [7, 11) is 3.16. The number of carbonyl (C=O) groups excluding carboxylic acids is 1. The Balaban J connectivity index is 1.22. The van der Waals surface area contributed by atoms with E-state index in [1.807, 2.05) is 0 Å². The molecule has 4 aliphatic rings. The Labute approximate surface area is 275 Å². The van der Waals surface area contributed by atoms with Crippen molar-refractivity contribution in [3.8, 4) is 22.6 Å². The third-order valence-corrected chi connectivity index (χ3v) is 9.90. The van der Waals surface area contributed by atoms with E-state index in [0.29, 0.717) is 54.6 Å². The number of carboxylic acids is 1. The van der Waals surface area contributed by atoms with Gasteiger partial charge in [0.05, 0.1) is 71.9 Å². The van der Waals surface area contributed by atoms with Crippen LogP contribution in [0.15, 0.2) is 36.4 Å². The van der Waals surface area contributed by atoms with E-state index in [1.54, 1.807) is 37.4 Å². The molecule has 3 saturated heterocycles. The van der Waals surface area contributed by atoms with Gasteiger partial charge in [-0.15, -0.1) is 0 Å². The van der Waals surface area contributed by atoms with Gasteiger partial charge in [0.2, 0.25) is 0 Å². The summed E-state index contributed by atoms with van der Waals surface area (Å²) in [6.07, 6.45) is 1.86. The fraction of sp³-hybridized carbons (Fsp3) is 0.394. The van der Waals surface area contributed by atoms with Gasteiger partial charge in [0.15, 0.2) is 6.73 Å². The van der Waals surface area contributed by atoms with Gasteiger partial charge in [-0.3, -0.25) is 4.79 Å². The number of rotatable bonds is 7. The summed E-state index contributed by atoms with van der Waals surface area (Å²) in [5, 5.41) is 10.4. The van der Waals surface area contributed by atoms with Crippen molar-refractivity contribution in [2.45, 2.75) is 37.6 Å². The number of carbonyl (C=O) groups is 2. The van der Waals surface area contributed by atoms with E-state index in [-0.39, 0.29) is 58.2 Å². The second kappa shape index (κ2) is 12.1. The zero-order valence-electron chi connectivity index (χ0n) is 25.2. The SMILES string of the molecule is COc1cc2c(c(-c3cc(N4C5CCC4COC5)c(C(=O)O)cc3F)c1)OCN(C(=O)c1c(Cl)cc(N3CC(OC)C3)cc1Cl)C2. The molecule has 0 aromatic heterocycles. The molecule has 46 heavy (non-hydrogen) atoms. The number of anilines is 2. The molecule has 4 aliphatic heterocycles. The first-order chi connectivity index (χ1) is 22.2. The summed E-state index contributed by atoms with van der Waals surface area (Å²) in [6, 6.07) is 9.48. The molecule has 0 radical (unpaired) electrons. The first-order valence-electron chi connectivity index (χ1n) is 15.0. The highest BCUT2D eigenvalue weighted by Gasteiger charge is 2.40. The minimum absolute atomic E-state index is 0.00565. The minimum Gasteiger partial charge on any atom is -0.497 e. The van der Waals surface area contributed by atoms with Gasteiger partial charge in [-0.1, -0.05) is 23.2 Å². The molecular weight excluding hydrogens is 640 g/mol. The molecule has 2 unspecified atom stereocenters. The van der Waals surface area contributed by atoms with Crippen LogP contribution < -0.4 is 19.3 Å². The zero-order valence-corrected chi connectivity index (χ0v) is 26.7. The Bertz CT molecular complexity index is 1690. The molecule has 3 aromatic carbocycles. The fourth-order valence-electron chi connectivity index (χ4n) is 6.87. The molecule has 13 heteroatoms. The van der Waals surface area contributed by atoms with Crippen LogP contribution in [0, 0.1) is 5.82 Å². The van der Waals surface area contributed by atoms with Crippen LogP contribution >= 0.6 is 23.2 Å². The van der Waals surface area contributed by atoms with Crippen molar-refractivity contribution >= 4 is 46.5 Å². The van der Waals surface area contributed by atoms with Crippen molar-refractivity contribution in [1.82, 2.24) is 4.90 Å². The maximum atomic E-state index is 15.8. The van der Waals surface area contributed by atoms with Crippen LogP contribution in [-0.2, 0) is 16.0 Å². The van der Waals surface area contributed by atoms with Crippen molar-refractivity contribution in [2.24, 2.45) is 0 Å². The van der Waals surface area contributed by atoms with Gasteiger partial charge < -0.3 is 38.8 Å². The van der Waals surface area contributed by atoms with Gasteiger partial charge in [-0.05, 0) is 49.2 Å². The number of amides is 1. The van der Waals surface area contributed by atoms with Gasteiger partial charge in [0.25, 0.3) is 5.91 Å². The molecule has 10 nitrogen and oxygen atoms in total. The highest BCUT2D eigenvalue weighted by Crippen LogP contribution is 2.45. The van der Waals surface area contributed by atoms with E-state index in [0.717, 1.165) is 24.6 Å². The topological polar surface area (TPSA) is 101 Å². The number of benzene rings is 3. The normalized spacial score (nSPS) is 20.7. The molecule has 0 spiro atoms. The number of nitrogens with zero attached hydrogens (tertiary/aromatic N) is 3. The summed E-state index contributed by atoms with van der Waals surface area (Å²) in [5.41, 5.74) is 2.43. The molecule has 2 atom stereocenters. The van der Waals surface area contributed by atoms with E-state index in [4.69, 9.17) is 42.1 Å². The van der Waals surface area contributed by atoms with E-state index >= 15 is 4.39 Å². The Morgan fingerprint density at radius 3 is 2.30 bits per heavy atom. The van der Waals surface area contributed by atoms with E-state index in [2.05, 4.69) is 9.80 Å². The lowest BCUT2D eigenvalue weighted by Crippen LogP contribution is -2.51. The average Bonchev–Trinajstić information content (AvgIpc) is 3.26. The largest absolute Gasteiger partial charge is 0.497 e. The van der Waals surface area contributed by atoms with Gasteiger partial charge >= 0.3 is 5.97 Å². The molecule has 0 saturated carbocycles. The monoisotopic (exact) mass is 671 g/mol. The number of ether oxygens (including phenoxy) is 4. The standard InChI is InChI=1S/C33H32Cl2FN3O7/c1-43-21-5-17-11-38(32(40)30-26(34)6-20(7-27(30)35)37-12-22(13-37)44-2)16-46-31(17)24(8-21)23-10-29(25(33(41)42)9-28(23)36)39-18-3-4-19(39)15-45-14-18/h5-10,18-19,22H,3-4,11-16H2,1-2H3,(H,41,42). The zero-order chi connectivity index (χ0) is 32.3. The van der Waals surface area contributed by atoms with Crippen LogP contribution in [0.2, 0.25) is 10.0 Å². The summed E-state index contributed by atoms with van der Waals surface area (Å²) in [5.74, 6) is -1.54. The maximum Gasteiger partial charge on any atom is 0.337 e. The molecule has 242 valence electrons. The summed E-state index contributed by atoms with van der Waals surface area (Å²) >= 11 is 13.2. The summed E-state index contributed by atoms with van der Waals surface area (Å²) < 4.78 is 38.6. The van der Waals surface area contributed by atoms with E-state index < -0.39 is 17.7 Å². The maximum absolute atomic E-state index is 15.8. The lowest BCUT2D eigenvalue weighted by Gasteiger charge is -2.40. The third-order valence-electron chi connectivity index (χ3n) is 9.30. The molecule has 4 heterocycles. The van der Waals surface area contributed by atoms with Gasteiger partial charge in [0.1, 0.15) is 17.3 Å². The molecule has 0 aliphatic carbocycles. The number of carboxylic acid groups (broad SMARTS) is 1. The van der Waals surface area contributed by atoms with Gasteiger partial charge in [0, 0.05) is 42.6 Å². The highest BCUT2D eigenvalue weighted by molar-refractivity contribution is 6.40. The highest BCUT2D eigenvalue weighted by atomic mass is 35.5. The van der Waals surface area contributed by atoms with Crippen LogP contribution in [0.1, 0.15) is 39.1 Å². The average molecular weight is 673 g/mol. The number of hydrogen-bond acceptors (Lipinski definition) is 8. The Morgan fingerprint density at radius 2 is 1.67 bits per heavy atom. The Hall–Kier alpha value is -3.77. The summed E-state index contributed by atoms with van der Waals surface area (Å²) in [6.45, 7) is 2.33. The Kier molecular flexibility index (Phi) is 8.12. The van der Waals surface area contributed by atoms with Gasteiger partial charge in [-0.2, -0.15) is 0 Å². The van der Waals surface area contributed by atoms with Crippen LogP contribution in [0.5, 0.6) is 11.5 Å². The second-order valence-corrected chi connectivity index (χ2v) is 12.8. The van der Waals surface area contributed by atoms with Crippen LogP contribution in [0.4, 0.5) is 15.8 Å². The minimum atomic E-state index is -1.21. The fourth-order valence-corrected chi connectivity index (χ4v) is 7.50.